The molecular weight excluding hydrogens is 369 g/mol. The lowest BCUT2D eigenvalue weighted by atomic mass is 10.2. The molecular formula is C17H13ClFNO4S. The maximum absolute atomic E-state index is 13.3. The maximum Gasteiger partial charge on any atom is 0.350 e. The van der Waals surface area contributed by atoms with E-state index in [-0.39, 0.29) is 16.4 Å². The van der Waals surface area contributed by atoms with Gasteiger partial charge in [-0.05, 0) is 37.3 Å². The third-order valence-electron chi connectivity index (χ3n) is 3.45. The molecule has 0 bridgehead atoms. The maximum atomic E-state index is 13.3. The van der Waals surface area contributed by atoms with Gasteiger partial charge in [0, 0.05) is 10.1 Å². The highest BCUT2D eigenvalue weighted by molar-refractivity contribution is 7.21. The van der Waals surface area contributed by atoms with Crippen molar-refractivity contribution < 1.29 is 23.1 Å². The molecule has 1 atom stereocenters. The van der Waals surface area contributed by atoms with Gasteiger partial charge in [-0.3, -0.25) is 4.79 Å². The summed E-state index contributed by atoms with van der Waals surface area (Å²) in [6.07, 6.45) is 0.484. The van der Waals surface area contributed by atoms with Crippen molar-refractivity contribution in [2.24, 2.45) is 0 Å². The Bertz CT molecular complexity index is 922. The van der Waals surface area contributed by atoms with Crippen LogP contribution in [0.4, 0.5) is 4.39 Å². The van der Waals surface area contributed by atoms with Crippen LogP contribution >= 0.6 is 22.9 Å². The van der Waals surface area contributed by atoms with Crippen LogP contribution < -0.4 is 5.32 Å². The van der Waals surface area contributed by atoms with Crippen LogP contribution in [-0.2, 0) is 16.1 Å². The van der Waals surface area contributed by atoms with Crippen LogP contribution in [0.5, 0.6) is 0 Å². The second-order valence-corrected chi connectivity index (χ2v) is 6.66. The number of fused-ring (bicyclic) bond motifs is 1. The van der Waals surface area contributed by atoms with E-state index in [9.17, 15) is 14.0 Å². The molecule has 0 unspecified atom stereocenters. The fraction of sp³-hybridized carbons (Fsp3) is 0.176. The van der Waals surface area contributed by atoms with Gasteiger partial charge in [0.05, 0.1) is 17.8 Å². The number of furan rings is 1. The van der Waals surface area contributed by atoms with Crippen LogP contribution in [0, 0.1) is 5.82 Å². The van der Waals surface area contributed by atoms with Crippen molar-refractivity contribution in [1.82, 2.24) is 5.32 Å². The minimum absolute atomic E-state index is 0.132. The Hall–Kier alpha value is -2.38. The number of nitrogens with one attached hydrogen (secondary N) is 1. The fourth-order valence-corrected chi connectivity index (χ4v) is 3.59. The molecule has 130 valence electrons. The third-order valence-corrected chi connectivity index (χ3v) is 5.08. The number of hydrogen-bond donors (Lipinski definition) is 1. The summed E-state index contributed by atoms with van der Waals surface area (Å²) in [6.45, 7) is 1.65. The fourth-order valence-electron chi connectivity index (χ4n) is 2.17. The molecule has 1 N–H and O–H groups in total. The van der Waals surface area contributed by atoms with Crippen LogP contribution in [-0.4, -0.2) is 18.0 Å². The topological polar surface area (TPSA) is 68.5 Å². The molecule has 0 saturated heterocycles. The molecule has 0 radical (unpaired) electrons. The highest BCUT2D eigenvalue weighted by Crippen LogP contribution is 2.36. The SMILES string of the molecule is C[C@@H](OC(=O)c1sc2cc(F)ccc2c1Cl)C(=O)NCc1ccco1. The van der Waals surface area contributed by atoms with Crippen LogP contribution in [0.15, 0.2) is 41.0 Å². The van der Waals surface area contributed by atoms with Gasteiger partial charge in [0.15, 0.2) is 6.10 Å². The van der Waals surface area contributed by atoms with E-state index in [1.165, 1.54) is 31.4 Å². The molecule has 1 amide bonds. The Morgan fingerprint density at radius 3 is 2.92 bits per heavy atom. The molecule has 0 spiro atoms. The van der Waals surface area contributed by atoms with Gasteiger partial charge in [0.2, 0.25) is 0 Å². The van der Waals surface area contributed by atoms with E-state index < -0.39 is 23.8 Å². The minimum atomic E-state index is -1.01. The first-order chi connectivity index (χ1) is 12.0. The van der Waals surface area contributed by atoms with E-state index >= 15 is 0 Å². The normalized spacial score (nSPS) is 12.1. The predicted octanol–water partition coefficient (Wildman–Crippen LogP) is 4.15. The first-order valence-electron chi connectivity index (χ1n) is 7.34. The number of hydrogen-bond acceptors (Lipinski definition) is 5. The summed E-state index contributed by atoms with van der Waals surface area (Å²) in [4.78, 5) is 24.4. The van der Waals surface area contributed by atoms with Gasteiger partial charge in [-0.1, -0.05) is 11.6 Å². The van der Waals surface area contributed by atoms with Crippen LogP contribution in [0.1, 0.15) is 22.4 Å². The number of halogens is 2. The van der Waals surface area contributed by atoms with E-state index in [2.05, 4.69) is 5.32 Å². The molecule has 8 heteroatoms. The van der Waals surface area contributed by atoms with Crippen LogP contribution in [0.3, 0.4) is 0 Å². The third kappa shape index (κ3) is 3.83. The Morgan fingerprint density at radius 2 is 2.20 bits per heavy atom. The van der Waals surface area contributed by atoms with E-state index in [1.54, 1.807) is 12.1 Å². The van der Waals surface area contributed by atoms with E-state index in [4.69, 9.17) is 20.8 Å². The second kappa shape index (κ2) is 7.25. The predicted molar refractivity (Wildman–Crippen MR) is 92.2 cm³/mol. The molecule has 3 aromatic rings. The monoisotopic (exact) mass is 381 g/mol. The van der Waals surface area contributed by atoms with E-state index in [0.29, 0.717) is 15.8 Å². The first-order valence-corrected chi connectivity index (χ1v) is 8.54. The smallest absolute Gasteiger partial charge is 0.350 e. The Kier molecular flexibility index (Phi) is 5.06. The number of esters is 1. The molecule has 1 aromatic carbocycles. The summed E-state index contributed by atoms with van der Waals surface area (Å²) in [5.74, 6) is -1.03. The Labute approximate surface area is 151 Å². The number of thiophene rings is 1. The van der Waals surface area contributed by atoms with Gasteiger partial charge in [-0.15, -0.1) is 11.3 Å². The molecule has 5 nitrogen and oxygen atoms in total. The van der Waals surface area contributed by atoms with Crippen molar-refractivity contribution >= 4 is 44.9 Å². The summed E-state index contributed by atoms with van der Waals surface area (Å²) in [6, 6.07) is 7.48. The van der Waals surface area contributed by atoms with Gasteiger partial charge in [-0.25, -0.2) is 9.18 Å². The Morgan fingerprint density at radius 1 is 1.40 bits per heavy atom. The first kappa shape index (κ1) is 17.4. The lowest BCUT2D eigenvalue weighted by Crippen LogP contribution is -2.35. The van der Waals surface area contributed by atoms with Gasteiger partial charge < -0.3 is 14.5 Å². The Balaban J connectivity index is 1.67. The van der Waals surface area contributed by atoms with Crippen LogP contribution in [0.2, 0.25) is 5.02 Å². The molecule has 25 heavy (non-hydrogen) atoms. The van der Waals surface area contributed by atoms with E-state index in [0.717, 1.165) is 11.3 Å². The summed E-state index contributed by atoms with van der Waals surface area (Å²) >= 11 is 7.19. The zero-order valence-electron chi connectivity index (χ0n) is 13.0. The summed E-state index contributed by atoms with van der Waals surface area (Å²) in [5.41, 5.74) is 0. The number of rotatable bonds is 5. The average molecular weight is 382 g/mol. The quantitative estimate of drug-likeness (QED) is 0.674. The average Bonchev–Trinajstić information content (AvgIpc) is 3.20. The number of carbonyl (C=O) groups excluding carboxylic acids is 2. The van der Waals surface area contributed by atoms with Crippen molar-refractivity contribution in [2.45, 2.75) is 19.6 Å². The van der Waals surface area contributed by atoms with Gasteiger partial charge >= 0.3 is 5.97 Å². The highest BCUT2D eigenvalue weighted by Gasteiger charge is 2.23. The van der Waals surface area contributed by atoms with Crippen molar-refractivity contribution in [1.29, 1.82) is 0 Å². The summed E-state index contributed by atoms with van der Waals surface area (Å²) < 4.78 is 24.1. The van der Waals surface area contributed by atoms with Crippen molar-refractivity contribution in [3.8, 4) is 0 Å². The molecule has 0 aliphatic carbocycles. The van der Waals surface area contributed by atoms with Crippen molar-refractivity contribution in [3.05, 3.63) is 58.1 Å². The zero-order chi connectivity index (χ0) is 18.0. The van der Waals surface area contributed by atoms with Gasteiger partial charge in [0.25, 0.3) is 5.91 Å². The largest absolute Gasteiger partial charge is 0.467 e. The molecule has 0 fully saturated rings. The minimum Gasteiger partial charge on any atom is -0.467 e. The van der Waals surface area contributed by atoms with Gasteiger partial charge in [0.1, 0.15) is 16.5 Å². The van der Waals surface area contributed by atoms with Crippen LogP contribution in [0.25, 0.3) is 10.1 Å². The van der Waals surface area contributed by atoms with Crippen molar-refractivity contribution in [2.75, 3.05) is 0 Å². The standard InChI is InChI=1S/C17H13ClFNO4S/c1-9(16(21)20-8-11-3-2-6-23-11)24-17(22)15-14(18)12-5-4-10(19)7-13(12)25-15/h2-7,9H,8H2,1H3,(H,20,21)/t9-/m1/s1. The molecule has 0 saturated carbocycles. The second-order valence-electron chi connectivity index (χ2n) is 5.23. The van der Waals surface area contributed by atoms with E-state index in [1.807, 2.05) is 0 Å². The van der Waals surface area contributed by atoms with Crippen molar-refractivity contribution in [3.63, 3.8) is 0 Å². The lowest BCUT2D eigenvalue weighted by molar-refractivity contribution is -0.129. The molecule has 3 rings (SSSR count). The molecule has 0 aliphatic heterocycles. The zero-order valence-corrected chi connectivity index (χ0v) is 14.6. The highest BCUT2D eigenvalue weighted by atomic mass is 35.5. The van der Waals surface area contributed by atoms with Gasteiger partial charge in [-0.2, -0.15) is 0 Å². The number of benzene rings is 1. The summed E-state index contributed by atoms with van der Waals surface area (Å²) in [7, 11) is 0. The number of carbonyl (C=O) groups is 2. The molecule has 2 heterocycles. The lowest BCUT2D eigenvalue weighted by Gasteiger charge is -2.12. The molecule has 0 aliphatic rings. The molecule has 2 aromatic heterocycles. The number of ether oxygens (including phenoxy) is 1. The number of amides is 1. The summed E-state index contributed by atoms with van der Waals surface area (Å²) in [5, 5.41) is 3.35.